The molecule has 0 saturated heterocycles. The monoisotopic (exact) mass is 365 g/mol. The Morgan fingerprint density at radius 1 is 1.22 bits per heavy atom. The molecule has 10 nitrogen and oxygen atoms in total. The number of rotatable bonds is 5. The third-order valence-corrected chi connectivity index (χ3v) is 4.29. The Labute approximate surface area is 153 Å². The largest absolute Gasteiger partial charge is 0.449 e. The molecular weight excluding hydrogens is 350 g/mol. The van der Waals surface area contributed by atoms with Crippen LogP contribution in [-0.4, -0.2) is 51.5 Å². The van der Waals surface area contributed by atoms with Crippen molar-refractivity contribution >= 4 is 16.3 Å². The van der Waals surface area contributed by atoms with Crippen LogP contribution in [0.15, 0.2) is 57.5 Å². The van der Waals surface area contributed by atoms with Crippen molar-refractivity contribution in [3.63, 3.8) is 0 Å². The van der Waals surface area contributed by atoms with Crippen molar-refractivity contribution in [1.29, 1.82) is 0 Å². The molecule has 1 aliphatic rings. The minimum Gasteiger partial charge on any atom is -0.449 e. The normalized spacial score (nSPS) is 17.3. The standard InChI is InChI=1S/C17H15N7O3/c1-23-9-19-20-17(23)26-10-25-16-12-5-3-2-4-11(12)14-8-18-15(24(14)21-16)13-6-7-27-22-13/h2-8,17H,9-10H2,1H3. The summed E-state index contributed by atoms with van der Waals surface area (Å²) in [5, 5.41) is 18.3. The first-order valence-electron chi connectivity index (χ1n) is 8.30. The van der Waals surface area contributed by atoms with Crippen LogP contribution in [0.1, 0.15) is 0 Å². The molecule has 1 atom stereocenters. The molecule has 0 N–H and O–H groups in total. The number of aromatic nitrogens is 4. The van der Waals surface area contributed by atoms with Gasteiger partial charge in [0.2, 0.25) is 12.2 Å². The van der Waals surface area contributed by atoms with E-state index in [1.54, 1.807) is 16.8 Å². The van der Waals surface area contributed by atoms with Crippen LogP contribution in [0, 0.1) is 0 Å². The first kappa shape index (κ1) is 15.9. The van der Waals surface area contributed by atoms with E-state index in [2.05, 4.69) is 25.5 Å². The smallest absolute Gasteiger partial charge is 0.241 e. The second-order valence-corrected chi connectivity index (χ2v) is 6.02. The van der Waals surface area contributed by atoms with E-state index in [0.717, 1.165) is 16.3 Å². The fraction of sp³-hybridized carbons (Fsp3) is 0.235. The number of fused-ring (bicyclic) bond motifs is 3. The highest BCUT2D eigenvalue weighted by atomic mass is 16.7. The molecular formula is C17H15N7O3. The molecule has 5 rings (SSSR count). The number of hydrogen-bond acceptors (Lipinski definition) is 9. The van der Waals surface area contributed by atoms with Crippen LogP contribution in [0.4, 0.5) is 0 Å². The molecule has 0 amide bonds. The Kier molecular flexibility index (Phi) is 3.77. The minimum atomic E-state index is -0.445. The molecule has 136 valence electrons. The van der Waals surface area contributed by atoms with E-state index in [1.165, 1.54) is 6.26 Å². The van der Waals surface area contributed by atoms with Gasteiger partial charge in [0.05, 0.1) is 11.7 Å². The van der Waals surface area contributed by atoms with Gasteiger partial charge in [0.15, 0.2) is 18.3 Å². The van der Waals surface area contributed by atoms with Crippen molar-refractivity contribution < 1.29 is 14.0 Å². The molecule has 0 spiro atoms. The van der Waals surface area contributed by atoms with Gasteiger partial charge in [-0.25, -0.2) is 14.4 Å². The Bertz CT molecular complexity index is 1120. The second-order valence-electron chi connectivity index (χ2n) is 6.02. The molecule has 1 unspecified atom stereocenters. The van der Waals surface area contributed by atoms with E-state index in [1.807, 2.05) is 36.2 Å². The van der Waals surface area contributed by atoms with Gasteiger partial charge in [-0.15, -0.1) is 10.2 Å². The summed E-state index contributed by atoms with van der Waals surface area (Å²) >= 11 is 0. The Balaban J connectivity index is 1.53. The molecule has 1 aliphatic heterocycles. The van der Waals surface area contributed by atoms with E-state index in [0.29, 0.717) is 24.1 Å². The molecule has 3 aromatic heterocycles. The number of imidazole rings is 1. The average Bonchev–Trinajstić information content (AvgIpc) is 3.43. The lowest BCUT2D eigenvalue weighted by molar-refractivity contribution is -0.0870. The molecule has 4 heterocycles. The zero-order valence-electron chi connectivity index (χ0n) is 14.4. The SMILES string of the molecule is CN1CN=NC1OCOc1nn2c(-c3ccon3)ncc2c2ccccc12. The summed E-state index contributed by atoms with van der Waals surface area (Å²) < 4.78 is 18.1. The highest BCUT2D eigenvalue weighted by Crippen LogP contribution is 2.29. The lowest BCUT2D eigenvalue weighted by atomic mass is 10.1. The summed E-state index contributed by atoms with van der Waals surface area (Å²) in [7, 11) is 1.88. The summed E-state index contributed by atoms with van der Waals surface area (Å²) in [6.45, 7) is 0.498. The van der Waals surface area contributed by atoms with Gasteiger partial charge >= 0.3 is 0 Å². The fourth-order valence-electron chi connectivity index (χ4n) is 2.95. The van der Waals surface area contributed by atoms with Crippen molar-refractivity contribution in [2.24, 2.45) is 10.2 Å². The molecule has 10 heteroatoms. The second kappa shape index (κ2) is 6.41. The summed E-state index contributed by atoms with van der Waals surface area (Å²) in [6, 6.07) is 9.56. The first-order valence-corrected chi connectivity index (χ1v) is 8.30. The van der Waals surface area contributed by atoms with E-state index in [4.69, 9.17) is 14.0 Å². The van der Waals surface area contributed by atoms with Crippen LogP contribution in [0.3, 0.4) is 0 Å². The molecule has 27 heavy (non-hydrogen) atoms. The number of ether oxygens (including phenoxy) is 2. The van der Waals surface area contributed by atoms with E-state index in [-0.39, 0.29) is 6.79 Å². The number of nitrogens with zero attached hydrogens (tertiary/aromatic N) is 7. The average molecular weight is 365 g/mol. The summed E-state index contributed by atoms with van der Waals surface area (Å²) in [5.74, 6) is 0.998. The Morgan fingerprint density at radius 3 is 2.89 bits per heavy atom. The summed E-state index contributed by atoms with van der Waals surface area (Å²) in [4.78, 5) is 6.30. The van der Waals surface area contributed by atoms with Crippen molar-refractivity contribution in [3.8, 4) is 17.4 Å². The predicted molar refractivity (Wildman–Crippen MR) is 93.8 cm³/mol. The maximum atomic E-state index is 5.83. The van der Waals surface area contributed by atoms with Gasteiger partial charge in [-0.05, 0) is 13.1 Å². The van der Waals surface area contributed by atoms with Crippen LogP contribution < -0.4 is 4.74 Å². The number of hydrogen-bond donors (Lipinski definition) is 0. The molecule has 1 aromatic carbocycles. The van der Waals surface area contributed by atoms with Crippen molar-refractivity contribution in [1.82, 2.24) is 24.7 Å². The number of benzene rings is 1. The highest BCUT2D eigenvalue weighted by Gasteiger charge is 2.20. The zero-order chi connectivity index (χ0) is 18.2. The fourth-order valence-corrected chi connectivity index (χ4v) is 2.95. The van der Waals surface area contributed by atoms with E-state index >= 15 is 0 Å². The quantitative estimate of drug-likeness (QED) is 0.501. The molecule has 0 fully saturated rings. The van der Waals surface area contributed by atoms with Gasteiger partial charge in [0, 0.05) is 16.8 Å². The van der Waals surface area contributed by atoms with E-state index in [9.17, 15) is 0 Å². The van der Waals surface area contributed by atoms with Gasteiger partial charge in [-0.3, -0.25) is 0 Å². The molecule has 4 aromatic rings. The van der Waals surface area contributed by atoms with Crippen LogP contribution in [0.25, 0.3) is 27.8 Å². The van der Waals surface area contributed by atoms with Gasteiger partial charge in [-0.2, -0.15) is 5.11 Å². The topological polar surface area (TPSA) is 103 Å². The van der Waals surface area contributed by atoms with E-state index < -0.39 is 6.35 Å². The molecule has 0 aliphatic carbocycles. The van der Waals surface area contributed by atoms with Crippen molar-refractivity contribution in [3.05, 3.63) is 42.8 Å². The Hall–Kier alpha value is -3.37. The zero-order valence-corrected chi connectivity index (χ0v) is 14.4. The summed E-state index contributed by atoms with van der Waals surface area (Å²) in [6.07, 6.45) is 2.81. The maximum absolute atomic E-state index is 5.83. The first-order chi connectivity index (χ1) is 13.3. The third-order valence-electron chi connectivity index (χ3n) is 4.29. The lowest BCUT2D eigenvalue weighted by Crippen LogP contribution is -2.29. The third kappa shape index (κ3) is 2.71. The van der Waals surface area contributed by atoms with Gasteiger partial charge < -0.3 is 14.0 Å². The van der Waals surface area contributed by atoms with Gasteiger partial charge in [0.25, 0.3) is 0 Å². The van der Waals surface area contributed by atoms with Crippen molar-refractivity contribution in [2.45, 2.75) is 6.35 Å². The van der Waals surface area contributed by atoms with Crippen LogP contribution in [0.5, 0.6) is 5.88 Å². The van der Waals surface area contributed by atoms with Crippen LogP contribution >= 0.6 is 0 Å². The lowest BCUT2D eigenvalue weighted by Gasteiger charge is -2.16. The van der Waals surface area contributed by atoms with Crippen LogP contribution in [0.2, 0.25) is 0 Å². The van der Waals surface area contributed by atoms with Crippen LogP contribution in [-0.2, 0) is 4.74 Å². The molecule has 0 bridgehead atoms. The highest BCUT2D eigenvalue weighted by molar-refractivity contribution is 5.98. The van der Waals surface area contributed by atoms with Gasteiger partial charge in [0.1, 0.15) is 12.9 Å². The summed E-state index contributed by atoms with van der Waals surface area (Å²) in [5.41, 5.74) is 1.44. The maximum Gasteiger partial charge on any atom is 0.241 e. The molecule has 0 radical (unpaired) electrons. The number of azo groups is 1. The molecule has 0 saturated carbocycles. The predicted octanol–water partition coefficient (Wildman–Crippen LogP) is 2.53. The Morgan fingerprint density at radius 2 is 2.11 bits per heavy atom. The van der Waals surface area contributed by atoms with Crippen molar-refractivity contribution in [2.75, 3.05) is 20.5 Å². The minimum absolute atomic E-state index is 0.00941. The van der Waals surface area contributed by atoms with Gasteiger partial charge in [-0.1, -0.05) is 23.4 Å².